The van der Waals surface area contributed by atoms with Gasteiger partial charge in [-0.15, -0.1) is 5.10 Å². The van der Waals surface area contributed by atoms with Gasteiger partial charge in [0.05, 0.1) is 19.0 Å². The molecular weight excluding hydrogens is 326 g/mol. The van der Waals surface area contributed by atoms with Gasteiger partial charge in [0, 0.05) is 24.5 Å². The summed E-state index contributed by atoms with van der Waals surface area (Å²) in [6.07, 6.45) is 6.26. The minimum absolute atomic E-state index is 0.783. The Balaban J connectivity index is 1.50. The summed E-state index contributed by atoms with van der Waals surface area (Å²) in [5.41, 5.74) is 4.01. The predicted octanol–water partition coefficient (Wildman–Crippen LogP) is 3.45. The van der Waals surface area contributed by atoms with E-state index in [1.807, 2.05) is 47.1 Å². The standard InChI is InChI=1S/C20H19N5O/c1-26-17-4-2-3-15(13-17)7-12-22-19-5-6-20-23-14-18(25(20)24-19)16-8-10-21-11-9-16/h2-6,8-11,13-14H,7,12H2,1H3,(H,22,24). The molecule has 0 aliphatic carbocycles. The Morgan fingerprint density at radius 3 is 2.81 bits per heavy atom. The van der Waals surface area contributed by atoms with E-state index in [0.29, 0.717) is 0 Å². The van der Waals surface area contributed by atoms with E-state index in [9.17, 15) is 0 Å². The number of nitrogens with zero attached hydrogens (tertiary/aromatic N) is 4. The highest BCUT2D eigenvalue weighted by Gasteiger charge is 2.07. The van der Waals surface area contributed by atoms with Gasteiger partial charge in [-0.1, -0.05) is 12.1 Å². The van der Waals surface area contributed by atoms with E-state index in [1.165, 1.54) is 5.56 Å². The van der Waals surface area contributed by atoms with Crippen LogP contribution in [0.15, 0.2) is 67.1 Å². The van der Waals surface area contributed by atoms with Gasteiger partial charge in [0.1, 0.15) is 11.6 Å². The van der Waals surface area contributed by atoms with Crippen molar-refractivity contribution in [3.63, 3.8) is 0 Å². The second kappa shape index (κ2) is 7.23. The number of fused-ring (bicyclic) bond motifs is 1. The zero-order valence-electron chi connectivity index (χ0n) is 14.5. The molecule has 6 nitrogen and oxygen atoms in total. The fourth-order valence-electron chi connectivity index (χ4n) is 2.85. The van der Waals surface area contributed by atoms with Gasteiger partial charge in [-0.2, -0.15) is 0 Å². The smallest absolute Gasteiger partial charge is 0.154 e. The minimum atomic E-state index is 0.783. The Kier molecular flexibility index (Phi) is 4.47. The molecule has 0 bridgehead atoms. The molecule has 3 heterocycles. The number of imidazole rings is 1. The van der Waals surface area contributed by atoms with Gasteiger partial charge < -0.3 is 10.1 Å². The van der Waals surface area contributed by atoms with Crippen LogP contribution in [0.2, 0.25) is 0 Å². The normalized spacial score (nSPS) is 10.8. The summed E-state index contributed by atoms with van der Waals surface area (Å²) in [6.45, 7) is 0.783. The van der Waals surface area contributed by atoms with Gasteiger partial charge in [-0.05, 0) is 48.4 Å². The highest BCUT2D eigenvalue weighted by molar-refractivity contribution is 5.63. The molecule has 0 spiro atoms. The van der Waals surface area contributed by atoms with Crippen LogP contribution >= 0.6 is 0 Å². The first-order valence-electron chi connectivity index (χ1n) is 8.45. The molecule has 26 heavy (non-hydrogen) atoms. The van der Waals surface area contributed by atoms with Gasteiger partial charge in [0.15, 0.2) is 5.65 Å². The highest BCUT2D eigenvalue weighted by Crippen LogP contribution is 2.20. The van der Waals surface area contributed by atoms with Crippen molar-refractivity contribution in [2.45, 2.75) is 6.42 Å². The van der Waals surface area contributed by atoms with Crippen LogP contribution in [0, 0.1) is 0 Å². The molecule has 0 fully saturated rings. The molecule has 130 valence electrons. The van der Waals surface area contributed by atoms with Crippen LogP contribution in [-0.4, -0.2) is 33.2 Å². The van der Waals surface area contributed by atoms with Gasteiger partial charge in [0.25, 0.3) is 0 Å². The van der Waals surface area contributed by atoms with Crippen LogP contribution in [0.3, 0.4) is 0 Å². The van der Waals surface area contributed by atoms with Crippen molar-refractivity contribution in [1.29, 1.82) is 0 Å². The number of methoxy groups -OCH3 is 1. The molecular formula is C20H19N5O. The summed E-state index contributed by atoms with van der Waals surface area (Å²) in [7, 11) is 1.68. The fraction of sp³-hybridized carbons (Fsp3) is 0.150. The number of anilines is 1. The summed E-state index contributed by atoms with van der Waals surface area (Å²) in [5, 5.41) is 8.05. The van der Waals surface area contributed by atoms with Crippen LogP contribution in [-0.2, 0) is 6.42 Å². The summed E-state index contributed by atoms with van der Waals surface area (Å²) < 4.78 is 7.12. The van der Waals surface area contributed by atoms with Gasteiger partial charge in [-0.3, -0.25) is 4.98 Å². The minimum Gasteiger partial charge on any atom is -0.497 e. The summed E-state index contributed by atoms with van der Waals surface area (Å²) in [4.78, 5) is 8.48. The SMILES string of the molecule is COc1cccc(CCNc2ccc3ncc(-c4ccncc4)n3n2)c1. The van der Waals surface area contributed by atoms with Crippen molar-refractivity contribution >= 4 is 11.5 Å². The molecule has 0 aliphatic heterocycles. The second-order valence-electron chi connectivity index (χ2n) is 5.90. The van der Waals surface area contributed by atoms with Crippen molar-refractivity contribution in [3.8, 4) is 17.0 Å². The molecule has 0 amide bonds. The highest BCUT2D eigenvalue weighted by atomic mass is 16.5. The second-order valence-corrected chi connectivity index (χ2v) is 5.90. The Hall–Kier alpha value is -3.41. The molecule has 1 N–H and O–H groups in total. The molecule has 3 aromatic heterocycles. The molecule has 6 heteroatoms. The van der Waals surface area contributed by atoms with Gasteiger partial charge in [0.2, 0.25) is 0 Å². The van der Waals surface area contributed by atoms with Crippen molar-refractivity contribution in [1.82, 2.24) is 19.6 Å². The Bertz CT molecular complexity index is 1010. The first-order valence-corrected chi connectivity index (χ1v) is 8.45. The maximum absolute atomic E-state index is 5.27. The lowest BCUT2D eigenvalue weighted by molar-refractivity contribution is 0.414. The zero-order chi connectivity index (χ0) is 17.8. The third-order valence-corrected chi connectivity index (χ3v) is 4.19. The van der Waals surface area contributed by atoms with E-state index in [4.69, 9.17) is 4.74 Å². The molecule has 0 unspecified atom stereocenters. The molecule has 0 aliphatic rings. The molecule has 1 aromatic carbocycles. The van der Waals surface area contributed by atoms with Crippen LogP contribution in [0.25, 0.3) is 16.9 Å². The summed E-state index contributed by atoms with van der Waals surface area (Å²) in [5.74, 6) is 1.69. The van der Waals surface area contributed by atoms with Crippen LogP contribution in [0.4, 0.5) is 5.82 Å². The lowest BCUT2D eigenvalue weighted by Crippen LogP contribution is -2.08. The Morgan fingerprint density at radius 1 is 1.08 bits per heavy atom. The fourth-order valence-corrected chi connectivity index (χ4v) is 2.85. The monoisotopic (exact) mass is 345 g/mol. The average Bonchev–Trinajstić information content (AvgIpc) is 3.12. The van der Waals surface area contributed by atoms with Crippen molar-refractivity contribution in [3.05, 3.63) is 72.7 Å². The average molecular weight is 345 g/mol. The first kappa shape index (κ1) is 16.1. The number of aromatic nitrogens is 4. The van der Waals surface area contributed by atoms with E-state index in [2.05, 4.69) is 32.5 Å². The quantitative estimate of drug-likeness (QED) is 0.580. The van der Waals surface area contributed by atoms with Crippen LogP contribution in [0.5, 0.6) is 5.75 Å². The van der Waals surface area contributed by atoms with E-state index in [1.54, 1.807) is 19.5 Å². The predicted molar refractivity (Wildman–Crippen MR) is 101 cm³/mol. The van der Waals surface area contributed by atoms with Crippen LogP contribution in [0.1, 0.15) is 5.56 Å². The van der Waals surface area contributed by atoms with Crippen LogP contribution < -0.4 is 10.1 Å². The van der Waals surface area contributed by atoms with Crippen molar-refractivity contribution < 1.29 is 4.74 Å². The number of hydrogen-bond acceptors (Lipinski definition) is 5. The number of hydrogen-bond donors (Lipinski definition) is 1. The number of pyridine rings is 1. The number of ether oxygens (including phenoxy) is 1. The Labute approximate surface area is 151 Å². The maximum atomic E-state index is 5.27. The van der Waals surface area contributed by atoms with Gasteiger partial charge in [-0.25, -0.2) is 9.50 Å². The molecule has 4 rings (SSSR count). The van der Waals surface area contributed by atoms with Crippen molar-refractivity contribution in [2.75, 3.05) is 19.0 Å². The van der Waals surface area contributed by atoms with E-state index < -0.39 is 0 Å². The Morgan fingerprint density at radius 2 is 1.96 bits per heavy atom. The van der Waals surface area contributed by atoms with E-state index >= 15 is 0 Å². The molecule has 0 atom stereocenters. The zero-order valence-corrected chi connectivity index (χ0v) is 14.5. The van der Waals surface area contributed by atoms with E-state index in [0.717, 1.165) is 41.4 Å². The summed E-state index contributed by atoms with van der Waals surface area (Å²) in [6, 6.07) is 15.9. The number of benzene rings is 1. The lowest BCUT2D eigenvalue weighted by Gasteiger charge is -2.08. The third-order valence-electron chi connectivity index (χ3n) is 4.19. The topological polar surface area (TPSA) is 64.3 Å². The molecule has 4 aromatic rings. The lowest BCUT2D eigenvalue weighted by atomic mass is 10.1. The largest absolute Gasteiger partial charge is 0.497 e. The van der Waals surface area contributed by atoms with Crippen molar-refractivity contribution in [2.24, 2.45) is 0 Å². The molecule has 0 saturated heterocycles. The van der Waals surface area contributed by atoms with Gasteiger partial charge >= 0.3 is 0 Å². The van der Waals surface area contributed by atoms with E-state index in [-0.39, 0.29) is 0 Å². The first-order chi connectivity index (χ1) is 12.8. The molecule has 0 saturated carbocycles. The number of nitrogens with one attached hydrogen (secondary N) is 1. The maximum Gasteiger partial charge on any atom is 0.154 e. The number of rotatable bonds is 6. The third kappa shape index (κ3) is 3.35. The molecule has 0 radical (unpaired) electrons. The summed E-state index contributed by atoms with van der Waals surface area (Å²) >= 11 is 0.